The predicted octanol–water partition coefficient (Wildman–Crippen LogP) is 3.77. The summed E-state index contributed by atoms with van der Waals surface area (Å²) in [6.45, 7) is 1.24. The van der Waals surface area contributed by atoms with Crippen LogP contribution in [-0.2, 0) is 21.0 Å². The molecule has 0 aromatic heterocycles. The van der Waals surface area contributed by atoms with Gasteiger partial charge in [0, 0.05) is 10.2 Å². The Morgan fingerprint density at radius 2 is 1.65 bits per heavy atom. The number of alkyl halides is 3. The lowest BCUT2D eigenvalue weighted by Crippen LogP contribution is -2.42. The molecule has 2 rings (SSSR count). The van der Waals surface area contributed by atoms with Crippen LogP contribution in [0.1, 0.15) is 12.5 Å². The van der Waals surface area contributed by atoms with E-state index in [4.69, 9.17) is 0 Å². The molecule has 2 aromatic rings. The number of hydrogen-bond donors (Lipinski definition) is 2. The van der Waals surface area contributed by atoms with Gasteiger partial charge in [0.25, 0.3) is 0 Å². The van der Waals surface area contributed by atoms with Gasteiger partial charge in [0.1, 0.15) is 0 Å². The molecule has 0 aliphatic rings. The van der Waals surface area contributed by atoms with Gasteiger partial charge in [0.2, 0.25) is 15.9 Å². The summed E-state index contributed by atoms with van der Waals surface area (Å²) in [4.78, 5) is 11.2. The fourth-order valence-corrected chi connectivity index (χ4v) is 3.76. The average Bonchev–Trinajstić information content (AvgIpc) is 2.55. The van der Waals surface area contributed by atoms with Crippen molar-refractivity contribution >= 4 is 37.5 Å². The van der Waals surface area contributed by atoms with Crippen LogP contribution in [0, 0.1) is 0 Å². The Hall–Kier alpha value is -1.91. The van der Waals surface area contributed by atoms with Gasteiger partial charge in [-0.25, -0.2) is 8.42 Å². The summed E-state index contributed by atoms with van der Waals surface area (Å²) in [6.07, 6.45) is -4.84. The van der Waals surface area contributed by atoms with E-state index in [9.17, 15) is 26.4 Å². The Morgan fingerprint density at radius 1 is 1.08 bits per heavy atom. The largest absolute Gasteiger partial charge is 0.417 e. The molecule has 26 heavy (non-hydrogen) atoms. The van der Waals surface area contributed by atoms with Crippen molar-refractivity contribution in [1.82, 2.24) is 4.72 Å². The molecular formula is C16H14BrF3N2O3S. The Kier molecular flexibility index (Phi) is 6.09. The number of anilines is 1. The maximum atomic E-state index is 13.0. The number of carbonyl (C=O) groups is 1. The topological polar surface area (TPSA) is 75.3 Å². The van der Waals surface area contributed by atoms with Crippen LogP contribution in [0.25, 0.3) is 0 Å². The van der Waals surface area contributed by atoms with Gasteiger partial charge in [-0.1, -0.05) is 28.1 Å². The molecule has 0 aliphatic carbocycles. The van der Waals surface area contributed by atoms with Crippen molar-refractivity contribution in [2.45, 2.75) is 24.0 Å². The fourth-order valence-electron chi connectivity index (χ4n) is 2.07. The van der Waals surface area contributed by atoms with Crippen LogP contribution in [0.4, 0.5) is 18.9 Å². The van der Waals surface area contributed by atoms with Crippen molar-refractivity contribution in [1.29, 1.82) is 0 Å². The van der Waals surface area contributed by atoms with Crippen molar-refractivity contribution in [2.24, 2.45) is 0 Å². The van der Waals surface area contributed by atoms with E-state index in [1.807, 2.05) is 4.72 Å². The molecule has 1 atom stereocenters. The minimum absolute atomic E-state index is 0.417. The van der Waals surface area contributed by atoms with Gasteiger partial charge in [0.05, 0.1) is 16.5 Å². The minimum atomic E-state index is -4.84. The first-order valence-corrected chi connectivity index (χ1v) is 9.53. The van der Waals surface area contributed by atoms with E-state index in [2.05, 4.69) is 21.2 Å². The molecule has 1 unspecified atom stereocenters. The molecule has 0 aliphatic heterocycles. The second-order valence-corrected chi connectivity index (χ2v) is 7.93. The second kappa shape index (κ2) is 7.77. The lowest BCUT2D eigenvalue weighted by atomic mass is 10.2. The van der Waals surface area contributed by atoms with Crippen LogP contribution in [0.15, 0.2) is 57.9 Å². The van der Waals surface area contributed by atoms with Crippen molar-refractivity contribution in [3.8, 4) is 0 Å². The zero-order chi connectivity index (χ0) is 19.5. The molecule has 0 saturated carbocycles. The second-order valence-electron chi connectivity index (χ2n) is 5.33. The Bertz CT molecular complexity index is 900. The maximum absolute atomic E-state index is 13.0. The zero-order valence-corrected chi connectivity index (χ0v) is 15.7. The summed E-state index contributed by atoms with van der Waals surface area (Å²) in [7, 11) is -4.56. The van der Waals surface area contributed by atoms with Crippen molar-refractivity contribution in [3.63, 3.8) is 0 Å². The first kappa shape index (κ1) is 20.4. The third-order valence-electron chi connectivity index (χ3n) is 3.32. The lowest BCUT2D eigenvalue weighted by molar-refractivity contribution is -0.139. The quantitative estimate of drug-likeness (QED) is 0.727. The van der Waals surface area contributed by atoms with Gasteiger partial charge in [-0.3, -0.25) is 4.79 Å². The molecule has 0 heterocycles. The molecule has 2 N–H and O–H groups in total. The first-order valence-electron chi connectivity index (χ1n) is 7.26. The number of sulfonamides is 1. The van der Waals surface area contributed by atoms with E-state index in [1.54, 1.807) is 24.3 Å². The number of benzene rings is 2. The summed E-state index contributed by atoms with van der Waals surface area (Å²) in [5.41, 5.74) is -0.882. The molecule has 0 bridgehead atoms. The highest BCUT2D eigenvalue weighted by Crippen LogP contribution is 2.33. The molecule has 0 radical (unpaired) electrons. The number of rotatable bonds is 5. The molecule has 1 amide bonds. The lowest BCUT2D eigenvalue weighted by Gasteiger charge is -2.17. The normalized spacial score (nSPS) is 13.3. The third-order valence-corrected chi connectivity index (χ3v) is 5.45. The number of nitrogens with one attached hydrogen (secondary N) is 2. The van der Waals surface area contributed by atoms with Crippen LogP contribution >= 0.6 is 15.9 Å². The standard InChI is InChI=1S/C16H14BrF3N2O3S/c1-10(15(23)21-12-8-6-11(17)7-9-12)22-26(24,25)14-5-3-2-4-13(14)16(18,19)20/h2-10,22H,1H3,(H,21,23). The van der Waals surface area contributed by atoms with E-state index >= 15 is 0 Å². The third kappa shape index (κ3) is 5.05. The molecule has 5 nitrogen and oxygen atoms in total. The summed E-state index contributed by atoms with van der Waals surface area (Å²) in [5, 5.41) is 2.48. The van der Waals surface area contributed by atoms with Crippen LogP contribution < -0.4 is 10.0 Å². The van der Waals surface area contributed by atoms with Crippen LogP contribution in [-0.4, -0.2) is 20.4 Å². The van der Waals surface area contributed by atoms with E-state index in [-0.39, 0.29) is 0 Å². The van der Waals surface area contributed by atoms with Crippen LogP contribution in [0.2, 0.25) is 0 Å². The van der Waals surface area contributed by atoms with Gasteiger partial charge < -0.3 is 5.32 Å². The maximum Gasteiger partial charge on any atom is 0.417 e. The number of carbonyl (C=O) groups excluding carboxylic acids is 1. The van der Waals surface area contributed by atoms with Gasteiger partial charge >= 0.3 is 6.18 Å². The van der Waals surface area contributed by atoms with Gasteiger partial charge in [-0.2, -0.15) is 17.9 Å². The minimum Gasteiger partial charge on any atom is -0.325 e. The molecule has 10 heteroatoms. The van der Waals surface area contributed by atoms with Crippen molar-refractivity contribution in [2.75, 3.05) is 5.32 Å². The smallest absolute Gasteiger partial charge is 0.325 e. The molecule has 0 spiro atoms. The highest BCUT2D eigenvalue weighted by Gasteiger charge is 2.37. The van der Waals surface area contributed by atoms with E-state index in [0.717, 1.165) is 16.6 Å². The Balaban J connectivity index is 2.19. The summed E-state index contributed by atoms with van der Waals surface area (Å²) in [5.74, 6) is -0.708. The predicted molar refractivity (Wildman–Crippen MR) is 94.0 cm³/mol. The molecule has 140 valence electrons. The molecule has 2 aromatic carbocycles. The zero-order valence-electron chi connectivity index (χ0n) is 13.3. The number of halogens is 4. The first-order chi connectivity index (χ1) is 12.0. The molecule has 0 fully saturated rings. The van der Waals surface area contributed by atoms with E-state index < -0.39 is 38.6 Å². The SMILES string of the molecule is CC(NS(=O)(=O)c1ccccc1C(F)(F)F)C(=O)Nc1ccc(Br)cc1. The number of hydrogen-bond acceptors (Lipinski definition) is 3. The van der Waals surface area contributed by atoms with Crippen molar-refractivity contribution in [3.05, 3.63) is 58.6 Å². The van der Waals surface area contributed by atoms with Crippen LogP contribution in [0.3, 0.4) is 0 Å². The van der Waals surface area contributed by atoms with Crippen molar-refractivity contribution < 1.29 is 26.4 Å². The summed E-state index contributed by atoms with van der Waals surface area (Å²) < 4.78 is 66.4. The Labute approximate surface area is 156 Å². The Morgan fingerprint density at radius 3 is 2.23 bits per heavy atom. The highest BCUT2D eigenvalue weighted by molar-refractivity contribution is 9.10. The van der Waals surface area contributed by atoms with E-state index in [0.29, 0.717) is 11.8 Å². The average molecular weight is 451 g/mol. The summed E-state index contributed by atoms with van der Waals surface area (Å²) >= 11 is 3.23. The van der Waals surface area contributed by atoms with Crippen LogP contribution in [0.5, 0.6) is 0 Å². The highest BCUT2D eigenvalue weighted by atomic mass is 79.9. The van der Waals surface area contributed by atoms with Gasteiger partial charge in [-0.05, 0) is 43.3 Å². The summed E-state index contributed by atoms with van der Waals surface area (Å²) in [6, 6.07) is 9.00. The molecule has 0 saturated heterocycles. The van der Waals surface area contributed by atoms with Gasteiger partial charge in [0.15, 0.2) is 0 Å². The number of amides is 1. The monoisotopic (exact) mass is 450 g/mol. The molecular weight excluding hydrogens is 437 g/mol. The van der Waals surface area contributed by atoms with E-state index in [1.165, 1.54) is 13.0 Å². The van der Waals surface area contributed by atoms with Gasteiger partial charge in [-0.15, -0.1) is 0 Å². The fraction of sp³-hybridized carbons (Fsp3) is 0.188.